The Balaban J connectivity index is 1.43. The van der Waals surface area contributed by atoms with Gasteiger partial charge in [0.2, 0.25) is 0 Å². The molecule has 2 aliphatic rings. The molecule has 0 radical (unpaired) electrons. The van der Waals surface area contributed by atoms with Crippen LogP contribution in [0.4, 0.5) is 17.1 Å². The minimum atomic E-state index is -0.607. The zero-order valence-electron chi connectivity index (χ0n) is 21.2. The SMILES string of the molecule is CCOC(=O)C1CCCCN1C(=O)c1ccc2c(c1)NC(=O)c1ccc(-c3ccc(O)c(OC)c3)cc1N2. The number of carbonyl (C=O) groups excluding carboxylic acids is 3. The average Bonchev–Trinajstić information content (AvgIpc) is 3.07. The molecule has 0 bridgehead atoms. The maximum absolute atomic E-state index is 13.4. The van der Waals surface area contributed by atoms with Crippen molar-refractivity contribution in [1.82, 2.24) is 4.90 Å². The number of hydrogen-bond acceptors (Lipinski definition) is 7. The molecule has 1 saturated heterocycles. The van der Waals surface area contributed by atoms with Crippen molar-refractivity contribution in [3.63, 3.8) is 0 Å². The molecule has 38 heavy (non-hydrogen) atoms. The monoisotopic (exact) mass is 515 g/mol. The maximum Gasteiger partial charge on any atom is 0.328 e. The number of esters is 1. The Bertz CT molecular complexity index is 1420. The number of amides is 2. The van der Waals surface area contributed by atoms with Gasteiger partial charge in [0.05, 0.1) is 36.3 Å². The fourth-order valence-electron chi connectivity index (χ4n) is 4.93. The summed E-state index contributed by atoms with van der Waals surface area (Å²) in [6, 6.07) is 14.9. The molecule has 9 heteroatoms. The first-order chi connectivity index (χ1) is 18.4. The normalized spacial score (nSPS) is 16.3. The number of anilines is 3. The van der Waals surface area contributed by atoms with Gasteiger partial charge >= 0.3 is 5.97 Å². The molecular weight excluding hydrogens is 486 g/mol. The minimum absolute atomic E-state index is 0.0425. The number of rotatable bonds is 5. The van der Waals surface area contributed by atoms with Gasteiger partial charge in [-0.2, -0.15) is 0 Å². The molecule has 0 saturated carbocycles. The molecule has 3 aromatic rings. The van der Waals surface area contributed by atoms with Gasteiger partial charge in [0.1, 0.15) is 6.04 Å². The molecular formula is C29H29N3O6. The number of benzene rings is 3. The van der Waals surface area contributed by atoms with Gasteiger partial charge in [-0.3, -0.25) is 9.59 Å². The van der Waals surface area contributed by atoms with Crippen LogP contribution < -0.4 is 15.4 Å². The number of nitrogens with zero attached hydrogens (tertiary/aromatic N) is 1. The number of ether oxygens (including phenoxy) is 2. The molecule has 1 unspecified atom stereocenters. The lowest BCUT2D eigenvalue weighted by atomic mass is 10.0. The van der Waals surface area contributed by atoms with Crippen molar-refractivity contribution in [1.29, 1.82) is 0 Å². The first-order valence-electron chi connectivity index (χ1n) is 12.6. The van der Waals surface area contributed by atoms with Crippen LogP contribution in [0.15, 0.2) is 54.6 Å². The summed E-state index contributed by atoms with van der Waals surface area (Å²) >= 11 is 0. The van der Waals surface area contributed by atoms with Gasteiger partial charge in [0.25, 0.3) is 11.8 Å². The Labute approximate surface area is 220 Å². The molecule has 1 atom stereocenters. The van der Waals surface area contributed by atoms with Crippen molar-refractivity contribution in [2.45, 2.75) is 32.2 Å². The highest BCUT2D eigenvalue weighted by Crippen LogP contribution is 2.37. The fourth-order valence-corrected chi connectivity index (χ4v) is 4.93. The molecule has 0 aromatic heterocycles. The second kappa shape index (κ2) is 10.5. The Kier molecular flexibility index (Phi) is 6.91. The van der Waals surface area contributed by atoms with E-state index in [0.717, 1.165) is 24.0 Å². The molecule has 2 amide bonds. The van der Waals surface area contributed by atoms with Crippen molar-refractivity contribution < 1.29 is 29.0 Å². The van der Waals surface area contributed by atoms with Crippen LogP contribution in [0.1, 0.15) is 46.9 Å². The molecule has 3 N–H and O–H groups in total. The molecule has 2 heterocycles. The number of likely N-dealkylation sites (tertiary alicyclic amines) is 1. The molecule has 2 aliphatic heterocycles. The second-order valence-corrected chi connectivity index (χ2v) is 9.25. The first-order valence-corrected chi connectivity index (χ1v) is 12.6. The number of piperidine rings is 1. The van der Waals surface area contributed by atoms with Gasteiger partial charge in [-0.25, -0.2) is 4.79 Å². The summed E-state index contributed by atoms with van der Waals surface area (Å²) in [6.07, 6.45) is 2.24. The third-order valence-electron chi connectivity index (χ3n) is 6.88. The van der Waals surface area contributed by atoms with E-state index in [2.05, 4.69) is 10.6 Å². The number of hydrogen-bond donors (Lipinski definition) is 3. The fraction of sp³-hybridized carbons (Fsp3) is 0.276. The van der Waals surface area contributed by atoms with E-state index >= 15 is 0 Å². The van der Waals surface area contributed by atoms with E-state index < -0.39 is 6.04 Å². The zero-order chi connectivity index (χ0) is 26.8. The molecule has 0 spiro atoms. The molecule has 0 aliphatic carbocycles. The highest BCUT2D eigenvalue weighted by molar-refractivity contribution is 6.13. The number of methoxy groups -OCH3 is 1. The highest BCUT2D eigenvalue weighted by atomic mass is 16.5. The average molecular weight is 516 g/mol. The predicted molar refractivity (Wildman–Crippen MR) is 143 cm³/mol. The summed E-state index contributed by atoms with van der Waals surface area (Å²) in [4.78, 5) is 40.6. The Morgan fingerprint density at radius 3 is 2.55 bits per heavy atom. The number of fused-ring (bicyclic) bond motifs is 2. The van der Waals surface area contributed by atoms with Crippen molar-refractivity contribution in [3.8, 4) is 22.6 Å². The van der Waals surface area contributed by atoms with Gasteiger partial charge in [-0.1, -0.05) is 12.1 Å². The van der Waals surface area contributed by atoms with Crippen LogP contribution in [0.3, 0.4) is 0 Å². The molecule has 9 nitrogen and oxygen atoms in total. The zero-order valence-corrected chi connectivity index (χ0v) is 21.2. The number of phenolic OH excluding ortho intramolecular Hbond substituents is 1. The Morgan fingerprint density at radius 1 is 0.974 bits per heavy atom. The number of carbonyl (C=O) groups is 3. The summed E-state index contributed by atoms with van der Waals surface area (Å²) in [5.74, 6) is -0.577. The highest BCUT2D eigenvalue weighted by Gasteiger charge is 2.34. The van der Waals surface area contributed by atoms with Gasteiger partial charge in [0.15, 0.2) is 11.5 Å². The molecule has 196 valence electrons. The van der Waals surface area contributed by atoms with E-state index in [4.69, 9.17) is 9.47 Å². The van der Waals surface area contributed by atoms with Crippen molar-refractivity contribution in [2.75, 3.05) is 30.9 Å². The smallest absolute Gasteiger partial charge is 0.328 e. The van der Waals surface area contributed by atoms with Crippen LogP contribution in [-0.4, -0.2) is 54.1 Å². The van der Waals surface area contributed by atoms with Crippen LogP contribution >= 0.6 is 0 Å². The van der Waals surface area contributed by atoms with Crippen LogP contribution in [0.2, 0.25) is 0 Å². The standard InChI is InChI=1S/C29H29N3O6/c1-3-38-29(36)24-6-4-5-13-32(24)28(35)19-8-11-21-23(15-19)31-27(34)20-10-7-17(14-22(20)30-21)18-9-12-25(33)26(16-18)37-2/h7-12,14-16,24,30,33H,3-6,13H2,1-2H3,(H,31,34). The van der Waals surface area contributed by atoms with Gasteiger partial charge < -0.3 is 30.1 Å². The van der Waals surface area contributed by atoms with E-state index in [-0.39, 0.29) is 30.1 Å². The van der Waals surface area contributed by atoms with Crippen molar-refractivity contribution >= 4 is 34.8 Å². The molecule has 5 rings (SSSR count). The summed E-state index contributed by atoms with van der Waals surface area (Å²) in [7, 11) is 1.49. The Morgan fingerprint density at radius 2 is 1.76 bits per heavy atom. The van der Waals surface area contributed by atoms with E-state index in [9.17, 15) is 19.5 Å². The summed E-state index contributed by atoms with van der Waals surface area (Å²) in [6.45, 7) is 2.48. The number of aromatic hydroxyl groups is 1. The quantitative estimate of drug-likeness (QED) is 0.412. The topological polar surface area (TPSA) is 117 Å². The summed E-state index contributed by atoms with van der Waals surface area (Å²) in [5.41, 5.74) is 4.17. The first kappa shape index (κ1) is 25.1. The van der Waals surface area contributed by atoms with Crippen LogP contribution in [-0.2, 0) is 9.53 Å². The lowest BCUT2D eigenvalue weighted by Crippen LogP contribution is -2.48. The Hall–Kier alpha value is -4.53. The number of phenols is 1. The third-order valence-corrected chi connectivity index (χ3v) is 6.88. The summed E-state index contributed by atoms with van der Waals surface area (Å²) < 4.78 is 10.4. The van der Waals surface area contributed by atoms with E-state index in [0.29, 0.717) is 46.9 Å². The lowest BCUT2D eigenvalue weighted by molar-refractivity contribution is -0.149. The minimum Gasteiger partial charge on any atom is -0.504 e. The van der Waals surface area contributed by atoms with Crippen LogP contribution in [0.25, 0.3) is 11.1 Å². The van der Waals surface area contributed by atoms with Crippen LogP contribution in [0, 0.1) is 0 Å². The van der Waals surface area contributed by atoms with Gasteiger partial charge in [-0.15, -0.1) is 0 Å². The van der Waals surface area contributed by atoms with Crippen molar-refractivity contribution in [2.24, 2.45) is 0 Å². The molecule has 1 fully saturated rings. The molecule has 3 aromatic carbocycles. The second-order valence-electron chi connectivity index (χ2n) is 9.25. The van der Waals surface area contributed by atoms with Crippen molar-refractivity contribution in [3.05, 3.63) is 65.7 Å². The number of nitrogens with one attached hydrogen (secondary N) is 2. The van der Waals surface area contributed by atoms with Crippen LogP contribution in [0.5, 0.6) is 11.5 Å². The maximum atomic E-state index is 13.4. The largest absolute Gasteiger partial charge is 0.504 e. The summed E-state index contributed by atoms with van der Waals surface area (Å²) in [5, 5.41) is 16.1. The van der Waals surface area contributed by atoms with Gasteiger partial charge in [0, 0.05) is 12.1 Å². The van der Waals surface area contributed by atoms with E-state index in [1.807, 2.05) is 12.1 Å². The van der Waals surface area contributed by atoms with Gasteiger partial charge in [-0.05, 0) is 79.8 Å². The lowest BCUT2D eigenvalue weighted by Gasteiger charge is -2.34. The van der Waals surface area contributed by atoms with E-state index in [1.165, 1.54) is 7.11 Å². The predicted octanol–water partition coefficient (Wildman–Crippen LogP) is 4.93. The van der Waals surface area contributed by atoms with E-state index in [1.54, 1.807) is 54.3 Å². The third kappa shape index (κ3) is 4.74.